The van der Waals surface area contributed by atoms with Gasteiger partial charge in [-0.3, -0.25) is 0 Å². The minimum atomic E-state index is -3.69. The Hall–Kier alpha value is -0.910. The Morgan fingerprint density at radius 3 is 2.12 bits per heavy atom. The second-order valence-corrected chi connectivity index (χ2v) is 5.45. The summed E-state index contributed by atoms with van der Waals surface area (Å²) < 4.78 is 25.0. The van der Waals surface area contributed by atoms with Gasteiger partial charge < -0.3 is 0 Å². The highest BCUT2D eigenvalue weighted by molar-refractivity contribution is 7.87. The molecule has 1 aromatic carbocycles. The summed E-state index contributed by atoms with van der Waals surface area (Å²) in [5.41, 5.74) is 0.954. The van der Waals surface area contributed by atoms with E-state index in [9.17, 15) is 8.42 Å². The molecule has 0 bridgehead atoms. The van der Waals surface area contributed by atoms with Crippen molar-refractivity contribution >= 4 is 10.2 Å². The van der Waals surface area contributed by atoms with Crippen LogP contribution in [-0.2, 0) is 10.2 Å². The summed E-state index contributed by atoms with van der Waals surface area (Å²) in [4.78, 5) is 0. The predicted octanol–water partition coefficient (Wildman–Crippen LogP) is 1.96. The third-order valence-corrected chi connectivity index (χ3v) is 3.55. The predicted molar refractivity (Wildman–Crippen MR) is 69.5 cm³/mol. The van der Waals surface area contributed by atoms with Gasteiger partial charge in [0, 0.05) is 0 Å². The molecular formula is C12H20N2O2S. The molecule has 0 aliphatic heterocycles. The molecule has 96 valence electrons. The molecule has 17 heavy (non-hydrogen) atoms. The number of hydrogen-bond acceptors (Lipinski definition) is 2. The quantitative estimate of drug-likeness (QED) is 0.816. The zero-order valence-corrected chi connectivity index (χ0v) is 11.1. The molecule has 1 aromatic rings. The Bertz CT molecular complexity index is 427. The number of benzene rings is 1. The van der Waals surface area contributed by atoms with Gasteiger partial charge in [0.25, 0.3) is 10.2 Å². The Kier molecular flexibility index (Phi) is 5.11. The molecule has 0 saturated heterocycles. The first-order chi connectivity index (χ1) is 7.98. The average molecular weight is 256 g/mol. The summed E-state index contributed by atoms with van der Waals surface area (Å²) in [7, 11) is -3.69. The van der Waals surface area contributed by atoms with E-state index in [-0.39, 0.29) is 12.0 Å². The van der Waals surface area contributed by atoms with E-state index >= 15 is 0 Å². The molecule has 0 aliphatic rings. The minimum Gasteiger partial charge on any atom is -0.216 e. The van der Waals surface area contributed by atoms with E-state index in [1.54, 1.807) is 0 Å². The van der Waals surface area contributed by atoms with Gasteiger partial charge in [0.15, 0.2) is 0 Å². The summed E-state index contributed by atoms with van der Waals surface area (Å²) in [6.07, 6.45) is 1.80. The normalized spacial score (nSPS) is 13.9. The number of nitrogens with one attached hydrogen (secondary N) is 1. The molecule has 0 spiro atoms. The van der Waals surface area contributed by atoms with E-state index < -0.39 is 10.2 Å². The lowest BCUT2D eigenvalue weighted by atomic mass is 9.90. The maximum absolute atomic E-state index is 11.2. The van der Waals surface area contributed by atoms with Crippen LogP contribution in [0.4, 0.5) is 0 Å². The molecular weight excluding hydrogens is 236 g/mol. The molecule has 0 aliphatic carbocycles. The molecule has 3 N–H and O–H groups in total. The lowest BCUT2D eigenvalue weighted by Gasteiger charge is -2.25. The van der Waals surface area contributed by atoms with Crippen LogP contribution in [0.2, 0.25) is 0 Å². The second-order valence-electron chi connectivity index (χ2n) is 4.13. The van der Waals surface area contributed by atoms with E-state index in [0.717, 1.165) is 18.4 Å². The van der Waals surface area contributed by atoms with Gasteiger partial charge >= 0.3 is 0 Å². The van der Waals surface area contributed by atoms with Crippen molar-refractivity contribution in [1.82, 2.24) is 4.72 Å². The first kappa shape index (κ1) is 14.2. The summed E-state index contributed by atoms with van der Waals surface area (Å²) in [5, 5.41) is 5.08. The van der Waals surface area contributed by atoms with Crippen molar-refractivity contribution < 1.29 is 8.42 Å². The van der Waals surface area contributed by atoms with E-state index in [1.807, 2.05) is 30.3 Å². The third-order valence-electron chi connectivity index (χ3n) is 2.97. The Labute approximate surface area is 103 Å². The van der Waals surface area contributed by atoms with Crippen LogP contribution >= 0.6 is 0 Å². The van der Waals surface area contributed by atoms with Gasteiger partial charge in [0.05, 0.1) is 6.04 Å². The molecule has 0 fully saturated rings. The van der Waals surface area contributed by atoms with Gasteiger partial charge in [-0.2, -0.15) is 13.1 Å². The average Bonchev–Trinajstić information content (AvgIpc) is 2.29. The van der Waals surface area contributed by atoms with Gasteiger partial charge in [-0.25, -0.2) is 5.14 Å². The molecule has 1 rings (SSSR count). The summed E-state index contributed by atoms with van der Waals surface area (Å²) >= 11 is 0. The molecule has 0 saturated carbocycles. The first-order valence-corrected chi connectivity index (χ1v) is 7.37. The van der Waals surface area contributed by atoms with Crippen LogP contribution in [0.1, 0.15) is 38.3 Å². The van der Waals surface area contributed by atoms with Crippen LogP contribution in [0.5, 0.6) is 0 Å². The van der Waals surface area contributed by atoms with Crippen molar-refractivity contribution in [2.45, 2.75) is 32.7 Å². The zero-order chi connectivity index (χ0) is 12.9. The van der Waals surface area contributed by atoms with E-state index in [2.05, 4.69) is 18.6 Å². The largest absolute Gasteiger partial charge is 0.274 e. The molecule has 1 unspecified atom stereocenters. The van der Waals surface area contributed by atoms with Crippen molar-refractivity contribution in [3.8, 4) is 0 Å². The third kappa shape index (κ3) is 4.46. The molecule has 0 aromatic heterocycles. The van der Waals surface area contributed by atoms with Crippen LogP contribution in [0.15, 0.2) is 30.3 Å². The summed E-state index contributed by atoms with van der Waals surface area (Å²) in [5.74, 6) is 0.246. The lowest BCUT2D eigenvalue weighted by Crippen LogP contribution is -2.37. The molecule has 0 heterocycles. The lowest BCUT2D eigenvalue weighted by molar-refractivity contribution is 0.378. The van der Waals surface area contributed by atoms with Crippen molar-refractivity contribution in [1.29, 1.82) is 0 Å². The van der Waals surface area contributed by atoms with Gasteiger partial charge in [-0.1, -0.05) is 57.0 Å². The monoisotopic (exact) mass is 256 g/mol. The number of rotatable bonds is 6. The molecule has 4 nitrogen and oxygen atoms in total. The van der Waals surface area contributed by atoms with E-state index in [0.29, 0.717) is 0 Å². The van der Waals surface area contributed by atoms with Gasteiger partial charge in [-0.05, 0) is 11.5 Å². The van der Waals surface area contributed by atoms with E-state index in [1.165, 1.54) is 0 Å². The number of nitrogens with two attached hydrogens (primary N) is 1. The Balaban J connectivity index is 3.02. The fraction of sp³-hybridized carbons (Fsp3) is 0.500. The highest BCUT2D eigenvalue weighted by Gasteiger charge is 2.23. The minimum absolute atomic E-state index is 0.246. The molecule has 5 heteroatoms. The standard InChI is InChI=1S/C12H20N2O2S/c1-3-10(4-2)12(14-17(13,15)16)11-8-6-5-7-9-11/h5-10,12,14H,3-4H2,1-2H3,(H2,13,15,16). The van der Waals surface area contributed by atoms with Crippen LogP contribution in [-0.4, -0.2) is 8.42 Å². The topological polar surface area (TPSA) is 72.2 Å². The number of hydrogen-bond donors (Lipinski definition) is 2. The Morgan fingerprint density at radius 1 is 1.18 bits per heavy atom. The second kappa shape index (κ2) is 6.14. The molecule has 0 amide bonds. The summed E-state index contributed by atoms with van der Waals surface area (Å²) in [6.45, 7) is 4.10. The van der Waals surface area contributed by atoms with Gasteiger partial charge in [0.2, 0.25) is 0 Å². The SMILES string of the molecule is CCC(CC)C(NS(N)(=O)=O)c1ccccc1. The maximum Gasteiger partial charge on any atom is 0.274 e. The first-order valence-electron chi connectivity index (χ1n) is 5.83. The van der Waals surface area contributed by atoms with Crippen molar-refractivity contribution in [2.24, 2.45) is 11.1 Å². The van der Waals surface area contributed by atoms with Crippen molar-refractivity contribution in [2.75, 3.05) is 0 Å². The van der Waals surface area contributed by atoms with Crippen molar-refractivity contribution in [3.63, 3.8) is 0 Å². The van der Waals surface area contributed by atoms with Crippen LogP contribution in [0.25, 0.3) is 0 Å². The van der Waals surface area contributed by atoms with E-state index in [4.69, 9.17) is 5.14 Å². The van der Waals surface area contributed by atoms with Crippen LogP contribution < -0.4 is 9.86 Å². The van der Waals surface area contributed by atoms with Crippen LogP contribution in [0.3, 0.4) is 0 Å². The Morgan fingerprint density at radius 2 is 1.71 bits per heavy atom. The van der Waals surface area contributed by atoms with Crippen molar-refractivity contribution in [3.05, 3.63) is 35.9 Å². The highest BCUT2D eigenvalue weighted by atomic mass is 32.2. The highest BCUT2D eigenvalue weighted by Crippen LogP contribution is 2.27. The van der Waals surface area contributed by atoms with Gasteiger partial charge in [0.1, 0.15) is 0 Å². The summed E-state index contributed by atoms with van der Waals surface area (Å²) in [6, 6.07) is 9.29. The fourth-order valence-corrected chi connectivity index (χ4v) is 2.72. The maximum atomic E-state index is 11.2. The van der Waals surface area contributed by atoms with Crippen LogP contribution in [0, 0.1) is 5.92 Å². The zero-order valence-electron chi connectivity index (χ0n) is 10.3. The smallest absolute Gasteiger partial charge is 0.216 e. The fourth-order valence-electron chi connectivity index (χ4n) is 2.03. The molecule has 0 radical (unpaired) electrons. The molecule has 1 atom stereocenters. The van der Waals surface area contributed by atoms with Gasteiger partial charge in [-0.15, -0.1) is 0 Å².